The molecule has 0 aromatic rings. The molecular weight excluding hydrogens is 250 g/mol. The molecule has 1 rings (SSSR count). The summed E-state index contributed by atoms with van der Waals surface area (Å²) in [5.41, 5.74) is 0. The van der Waals surface area contributed by atoms with Crippen molar-refractivity contribution in [3.63, 3.8) is 0 Å². The number of nitrogens with zero attached hydrogens (tertiary/aromatic N) is 1. The van der Waals surface area contributed by atoms with Gasteiger partial charge in [0.1, 0.15) is 0 Å². The molecule has 1 heterocycles. The summed E-state index contributed by atoms with van der Waals surface area (Å²) in [6, 6.07) is 0. The van der Waals surface area contributed by atoms with Gasteiger partial charge in [0.15, 0.2) is 0 Å². The summed E-state index contributed by atoms with van der Waals surface area (Å²) < 4.78 is 13.5. The molecule has 0 aromatic carbocycles. The second-order valence-corrected chi connectivity index (χ2v) is 6.43. The molecule has 0 aliphatic carbocycles. The fourth-order valence-electron chi connectivity index (χ4n) is 0.963. The SMILES string of the molecule is CC(C)COC(=S)SSN1CCOCC1. The maximum Gasteiger partial charge on any atom is 0.232 e. The lowest BCUT2D eigenvalue weighted by molar-refractivity contribution is 0.0779. The zero-order valence-corrected chi connectivity index (χ0v) is 11.6. The molecule has 1 aliphatic heterocycles. The van der Waals surface area contributed by atoms with Gasteiger partial charge in [-0.1, -0.05) is 13.8 Å². The normalized spacial score (nSPS) is 18.1. The van der Waals surface area contributed by atoms with Crippen LogP contribution in [0.3, 0.4) is 0 Å². The molecule has 0 bridgehead atoms. The third kappa shape index (κ3) is 6.63. The molecule has 1 saturated heterocycles. The first-order chi connectivity index (χ1) is 7.18. The number of hydrogen-bond donors (Lipinski definition) is 0. The van der Waals surface area contributed by atoms with Crippen LogP contribution in [0, 0.1) is 5.92 Å². The van der Waals surface area contributed by atoms with Crippen LogP contribution in [-0.4, -0.2) is 41.6 Å². The Bertz CT molecular complexity index is 196. The summed E-state index contributed by atoms with van der Waals surface area (Å²) in [5, 5.41) is 0. The Balaban J connectivity index is 2.05. The Kier molecular flexibility index (Phi) is 7.00. The second kappa shape index (κ2) is 7.73. The van der Waals surface area contributed by atoms with Gasteiger partial charge in [0.25, 0.3) is 0 Å². The van der Waals surface area contributed by atoms with Crippen LogP contribution in [0.15, 0.2) is 0 Å². The van der Waals surface area contributed by atoms with Crippen LogP contribution >= 0.6 is 34.0 Å². The molecular formula is C9H17NO2S3. The molecule has 0 spiro atoms. The Morgan fingerprint density at radius 1 is 1.47 bits per heavy atom. The third-order valence-corrected chi connectivity index (χ3v) is 4.61. The van der Waals surface area contributed by atoms with E-state index in [9.17, 15) is 0 Å². The molecule has 88 valence electrons. The topological polar surface area (TPSA) is 21.7 Å². The minimum Gasteiger partial charge on any atom is -0.478 e. The molecule has 3 nitrogen and oxygen atoms in total. The number of thiocarbonyl (C=S) groups is 1. The fourth-order valence-corrected chi connectivity index (χ4v) is 2.98. The predicted octanol–water partition coefficient (Wildman–Crippen LogP) is 2.57. The fraction of sp³-hybridized carbons (Fsp3) is 0.889. The highest BCUT2D eigenvalue weighted by molar-refractivity contribution is 8.82. The summed E-state index contributed by atoms with van der Waals surface area (Å²) in [4.78, 5) is 0. The van der Waals surface area contributed by atoms with Gasteiger partial charge < -0.3 is 9.47 Å². The molecule has 0 amide bonds. The van der Waals surface area contributed by atoms with Gasteiger partial charge in [-0.15, -0.1) is 0 Å². The highest BCUT2D eigenvalue weighted by Gasteiger charge is 2.12. The Labute approximate surface area is 105 Å². The zero-order chi connectivity index (χ0) is 11.1. The van der Waals surface area contributed by atoms with E-state index in [1.165, 1.54) is 10.8 Å². The van der Waals surface area contributed by atoms with Crippen LogP contribution in [0.25, 0.3) is 0 Å². The number of hydrogen-bond acceptors (Lipinski definition) is 6. The molecule has 15 heavy (non-hydrogen) atoms. The van der Waals surface area contributed by atoms with Gasteiger partial charge in [0.05, 0.1) is 19.8 Å². The average molecular weight is 267 g/mol. The zero-order valence-electron chi connectivity index (χ0n) is 9.10. The van der Waals surface area contributed by atoms with Gasteiger partial charge in [-0.3, -0.25) is 0 Å². The number of rotatable bonds is 4. The maximum absolute atomic E-state index is 5.41. The van der Waals surface area contributed by atoms with E-state index in [0.29, 0.717) is 16.9 Å². The van der Waals surface area contributed by atoms with Crippen LogP contribution < -0.4 is 0 Å². The largest absolute Gasteiger partial charge is 0.478 e. The molecule has 6 heteroatoms. The maximum atomic E-state index is 5.41. The van der Waals surface area contributed by atoms with Crippen LogP contribution in [0.1, 0.15) is 13.8 Å². The Hall–Kier alpha value is 0.510. The standard InChI is InChI=1S/C9H17NO2S3/c1-8(2)7-12-9(13)14-15-10-3-5-11-6-4-10/h8H,3-7H2,1-2H3. The first-order valence-electron chi connectivity index (χ1n) is 5.02. The molecule has 1 fully saturated rings. The molecule has 1 aliphatic rings. The van der Waals surface area contributed by atoms with Crippen molar-refractivity contribution in [1.82, 2.24) is 4.31 Å². The first kappa shape index (κ1) is 13.6. The first-order valence-corrected chi connectivity index (χ1v) is 7.54. The molecule has 0 radical (unpaired) electrons. The van der Waals surface area contributed by atoms with Crippen molar-refractivity contribution in [3.8, 4) is 0 Å². The Morgan fingerprint density at radius 2 is 2.13 bits per heavy atom. The third-order valence-electron chi connectivity index (χ3n) is 1.72. The van der Waals surface area contributed by atoms with Gasteiger partial charge in [0.2, 0.25) is 4.38 Å². The van der Waals surface area contributed by atoms with E-state index in [-0.39, 0.29) is 0 Å². The van der Waals surface area contributed by atoms with Crippen molar-refractivity contribution in [2.24, 2.45) is 5.92 Å². The van der Waals surface area contributed by atoms with Gasteiger partial charge >= 0.3 is 0 Å². The summed E-state index contributed by atoms with van der Waals surface area (Å²) >= 11 is 5.10. The lowest BCUT2D eigenvalue weighted by Gasteiger charge is -2.24. The van der Waals surface area contributed by atoms with E-state index in [1.54, 1.807) is 11.0 Å². The monoisotopic (exact) mass is 267 g/mol. The van der Waals surface area contributed by atoms with Crippen LogP contribution in [0.5, 0.6) is 0 Å². The number of ether oxygens (including phenoxy) is 2. The molecule has 0 unspecified atom stereocenters. The van der Waals surface area contributed by atoms with Crippen LogP contribution in [-0.2, 0) is 9.47 Å². The van der Waals surface area contributed by atoms with E-state index in [1.807, 2.05) is 0 Å². The van der Waals surface area contributed by atoms with Crippen molar-refractivity contribution in [2.45, 2.75) is 13.8 Å². The van der Waals surface area contributed by atoms with E-state index in [4.69, 9.17) is 21.7 Å². The van der Waals surface area contributed by atoms with Gasteiger partial charge in [0, 0.05) is 34.9 Å². The van der Waals surface area contributed by atoms with E-state index >= 15 is 0 Å². The molecule has 0 atom stereocenters. The van der Waals surface area contributed by atoms with Crippen LogP contribution in [0.2, 0.25) is 0 Å². The lowest BCUT2D eigenvalue weighted by Crippen LogP contribution is -2.30. The van der Waals surface area contributed by atoms with E-state index in [0.717, 1.165) is 26.3 Å². The molecule has 0 aromatic heterocycles. The van der Waals surface area contributed by atoms with Crippen molar-refractivity contribution in [1.29, 1.82) is 0 Å². The van der Waals surface area contributed by atoms with Crippen molar-refractivity contribution in [3.05, 3.63) is 0 Å². The lowest BCUT2D eigenvalue weighted by atomic mass is 10.2. The van der Waals surface area contributed by atoms with Crippen molar-refractivity contribution in [2.75, 3.05) is 32.9 Å². The van der Waals surface area contributed by atoms with Gasteiger partial charge in [-0.05, 0) is 18.1 Å². The Morgan fingerprint density at radius 3 is 2.73 bits per heavy atom. The molecule has 0 saturated carbocycles. The minimum absolute atomic E-state index is 0.525. The summed E-state index contributed by atoms with van der Waals surface area (Å²) in [5.74, 6) is 0.525. The smallest absolute Gasteiger partial charge is 0.232 e. The average Bonchev–Trinajstić information content (AvgIpc) is 2.25. The van der Waals surface area contributed by atoms with E-state index < -0.39 is 0 Å². The molecule has 0 N–H and O–H groups in total. The van der Waals surface area contributed by atoms with E-state index in [2.05, 4.69) is 18.2 Å². The summed E-state index contributed by atoms with van der Waals surface area (Å²) in [6.45, 7) is 8.48. The van der Waals surface area contributed by atoms with Crippen molar-refractivity contribution < 1.29 is 9.47 Å². The van der Waals surface area contributed by atoms with Crippen LogP contribution in [0.4, 0.5) is 0 Å². The quantitative estimate of drug-likeness (QED) is 0.440. The second-order valence-electron chi connectivity index (χ2n) is 3.65. The summed E-state index contributed by atoms with van der Waals surface area (Å²) in [6.07, 6.45) is 0. The van der Waals surface area contributed by atoms with Gasteiger partial charge in [-0.25, -0.2) is 4.31 Å². The predicted molar refractivity (Wildman–Crippen MR) is 71.0 cm³/mol. The van der Waals surface area contributed by atoms with Gasteiger partial charge in [-0.2, -0.15) is 0 Å². The highest BCUT2D eigenvalue weighted by atomic mass is 33.1. The highest BCUT2D eigenvalue weighted by Crippen LogP contribution is 2.28. The van der Waals surface area contributed by atoms with Crippen molar-refractivity contribution >= 4 is 38.4 Å². The number of morpholine rings is 1. The minimum atomic E-state index is 0.525. The summed E-state index contributed by atoms with van der Waals surface area (Å²) in [7, 11) is 3.18.